The molecule has 0 bridgehead atoms. The molecule has 7 heteroatoms. The number of rotatable bonds is 5. The zero-order valence-electron chi connectivity index (χ0n) is 14.3. The maximum atomic E-state index is 12.1. The van der Waals surface area contributed by atoms with Gasteiger partial charge in [0.1, 0.15) is 13.2 Å². The number of carbonyl (C=O) groups excluding carboxylic acids is 2. The number of Topliss-reactive ketones (excluding diaryl/α,β-unsaturated/α-hetero) is 1. The Morgan fingerprint density at radius 1 is 1.23 bits per heavy atom. The Morgan fingerprint density at radius 3 is 2.73 bits per heavy atom. The monoisotopic (exact) mass is 392 g/mol. The van der Waals surface area contributed by atoms with Crippen LogP contribution in [0.15, 0.2) is 24.3 Å². The predicted octanol–water partition coefficient (Wildman–Crippen LogP) is 4.23. The first-order chi connectivity index (χ1) is 12.4. The second kappa shape index (κ2) is 7.93. The highest BCUT2D eigenvalue weighted by Crippen LogP contribution is 2.38. The van der Waals surface area contributed by atoms with Crippen LogP contribution in [0, 0.1) is 13.8 Å². The zero-order chi connectivity index (χ0) is 18.7. The van der Waals surface area contributed by atoms with Crippen LogP contribution in [0.4, 0.5) is 0 Å². The van der Waals surface area contributed by atoms with E-state index in [-0.39, 0.29) is 12.4 Å². The number of ether oxygens (including phenoxy) is 3. The normalized spacial score (nSPS) is 13.0. The van der Waals surface area contributed by atoms with Crippen molar-refractivity contribution < 1.29 is 23.8 Å². The highest BCUT2D eigenvalue weighted by molar-refractivity contribution is 7.12. The third kappa shape index (κ3) is 4.26. The van der Waals surface area contributed by atoms with Gasteiger partial charge in [0.2, 0.25) is 5.78 Å². The maximum Gasteiger partial charge on any atom is 0.331 e. The Balaban J connectivity index is 1.60. The summed E-state index contributed by atoms with van der Waals surface area (Å²) in [6.45, 7) is 4.41. The lowest BCUT2D eigenvalue weighted by Crippen LogP contribution is -2.15. The SMILES string of the molecule is Cc1cc(C(=O)COC(=O)/C=C/c2cc(Cl)c3c(c2)OCCO3)c(C)s1. The van der Waals surface area contributed by atoms with Crippen LogP contribution in [0.25, 0.3) is 6.08 Å². The van der Waals surface area contributed by atoms with Crippen molar-refractivity contribution in [2.45, 2.75) is 13.8 Å². The molecule has 0 fully saturated rings. The molecule has 2 heterocycles. The van der Waals surface area contributed by atoms with Crippen LogP contribution in [0.2, 0.25) is 5.02 Å². The number of fused-ring (bicyclic) bond motifs is 1. The van der Waals surface area contributed by atoms with Crippen molar-refractivity contribution in [1.82, 2.24) is 0 Å². The number of thiophene rings is 1. The highest BCUT2D eigenvalue weighted by atomic mass is 35.5. The summed E-state index contributed by atoms with van der Waals surface area (Å²) in [5, 5.41) is 0.411. The Labute approximate surface area is 160 Å². The van der Waals surface area contributed by atoms with Crippen LogP contribution in [0.3, 0.4) is 0 Å². The van der Waals surface area contributed by atoms with Crippen molar-refractivity contribution in [2.75, 3.05) is 19.8 Å². The molecule has 26 heavy (non-hydrogen) atoms. The minimum atomic E-state index is -0.603. The molecule has 1 aromatic heterocycles. The molecule has 0 radical (unpaired) electrons. The van der Waals surface area contributed by atoms with Gasteiger partial charge in [-0.05, 0) is 43.7 Å². The Morgan fingerprint density at radius 2 is 2.00 bits per heavy atom. The molecule has 0 unspecified atom stereocenters. The predicted molar refractivity (Wildman–Crippen MR) is 101 cm³/mol. The van der Waals surface area contributed by atoms with Gasteiger partial charge in [-0.2, -0.15) is 0 Å². The Hall–Kier alpha value is -2.31. The lowest BCUT2D eigenvalue weighted by atomic mass is 10.1. The quantitative estimate of drug-likeness (QED) is 0.433. The molecule has 1 aliphatic rings. The van der Waals surface area contributed by atoms with Gasteiger partial charge in [0.15, 0.2) is 18.1 Å². The van der Waals surface area contributed by atoms with Gasteiger partial charge in [0.05, 0.1) is 5.02 Å². The summed E-state index contributed by atoms with van der Waals surface area (Å²) in [7, 11) is 0. The number of hydrogen-bond donors (Lipinski definition) is 0. The van der Waals surface area contributed by atoms with Crippen molar-refractivity contribution >= 4 is 40.8 Å². The average Bonchev–Trinajstić information content (AvgIpc) is 2.96. The maximum absolute atomic E-state index is 12.1. The average molecular weight is 393 g/mol. The molecule has 1 aromatic carbocycles. The molecule has 0 aliphatic carbocycles. The molecule has 0 spiro atoms. The molecule has 0 amide bonds. The number of ketones is 1. The van der Waals surface area contributed by atoms with Crippen LogP contribution in [-0.2, 0) is 9.53 Å². The fourth-order valence-electron chi connectivity index (χ4n) is 2.56. The van der Waals surface area contributed by atoms with Crippen molar-refractivity contribution in [3.05, 3.63) is 50.2 Å². The molecule has 0 N–H and O–H groups in total. The summed E-state index contributed by atoms with van der Waals surface area (Å²) < 4.78 is 16.0. The summed E-state index contributed by atoms with van der Waals surface area (Å²) in [6, 6.07) is 5.21. The molecule has 3 rings (SSSR count). The number of benzene rings is 1. The first-order valence-electron chi connectivity index (χ1n) is 7.98. The standard InChI is InChI=1S/C19H17ClO5S/c1-11-7-14(12(2)26-11)16(21)10-25-18(22)4-3-13-8-15(20)19-17(9-13)23-5-6-24-19/h3-4,7-9H,5-6,10H2,1-2H3/b4-3+. The molecule has 2 aromatic rings. The summed E-state index contributed by atoms with van der Waals surface area (Å²) in [5.74, 6) is 0.227. The zero-order valence-corrected chi connectivity index (χ0v) is 15.9. The van der Waals surface area contributed by atoms with E-state index >= 15 is 0 Å². The molecule has 5 nitrogen and oxygen atoms in total. The van der Waals surface area contributed by atoms with Crippen LogP contribution >= 0.6 is 22.9 Å². The molecular formula is C19H17ClO5S. The summed E-state index contributed by atoms with van der Waals surface area (Å²) in [4.78, 5) is 26.0. The number of carbonyl (C=O) groups is 2. The van der Waals surface area contributed by atoms with E-state index in [4.69, 9.17) is 25.8 Å². The molecule has 136 valence electrons. The van der Waals surface area contributed by atoms with E-state index in [1.807, 2.05) is 19.9 Å². The van der Waals surface area contributed by atoms with E-state index in [1.165, 1.54) is 6.08 Å². The van der Waals surface area contributed by atoms with Crippen molar-refractivity contribution in [3.63, 3.8) is 0 Å². The fraction of sp³-hybridized carbons (Fsp3) is 0.263. The molecule has 0 saturated carbocycles. The number of hydrogen-bond acceptors (Lipinski definition) is 6. The second-order valence-electron chi connectivity index (χ2n) is 5.72. The van der Waals surface area contributed by atoms with Crippen molar-refractivity contribution in [1.29, 1.82) is 0 Å². The lowest BCUT2D eigenvalue weighted by Gasteiger charge is -2.19. The molecule has 0 atom stereocenters. The number of esters is 1. The smallest absolute Gasteiger partial charge is 0.331 e. The van der Waals surface area contributed by atoms with Gasteiger partial charge in [-0.1, -0.05) is 11.6 Å². The summed E-state index contributed by atoms with van der Waals surface area (Å²) in [6.07, 6.45) is 2.80. The summed E-state index contributed by atoms with van der Waals surface area (Å²) in [5.41, 5.74) is 1.27. The van der Waals surface area contributed by atoms with Gasteiger partial charge < -0.3 is 14.2 Å². The Kier molecular flexibility index (Phi) is 5.64. The van der Waals surface area contributed by atoms with E-state index in [2.05, 4.69) is 0 Å². The van der Waals surface area contributed by atoms with Crippen LogP contribution in [0.1, 0.15) is 25.7 Å². The highest BCUT2D eigenvalue weighted by Gasteiger charge is 2.16. The molecular weight excluding hydrogens is 376 g/mol. The number of aryl methyl sites for hydroxylation is 2. The third-order valence-corrected chi connectivity index (χ3v) is 4.96. The first-order valence-corrected chi connectivity index (χ1v) is 9.17. The van der Waals surface area contributed by atoms with Gasteiger partial charge >= 0.3 is 5.97 Å². The van der Waals surface area contributed by atoms with E-state index in [1.54, 1.807) is 29.5 Å². The van der Waals surface area contributed by atoms with E-state index in [0.717, 1.165) is 9.75 Å². The molecule has 1 aliphatic heterocycles. The van der Waals surface area contributed by atoms with Crippen molar-refractivity contribution in [3.8, 4) is 11.5 Å². The van der Waals surface area contributed by atoms with Crippen molar-refractivity contribution in [2.24, 2.45) is 0 Å². The minimum Gasteiger partial charge on any atom is -0.486 e. The lowest BCUT2D eigenvalue weighted by molar-refractivity contribution is -0.136. The fourth-order valence-corrected chi connectivity index (χ4v) is 3.78. The second-order valence-corrected chi connectivity index (χ2v) is 7.59. The van der Waals surface area contributed by atoms with Gasteiger partial charge in [0.25, 0.3) is 0 Å². The van der Waals surface area contributed by atoms with E-state index < -0.39 is 5.97 Å². The van der Waals surface area contributed by atoms with Crippen LogP contribution in [-0.4, -0.2) is 31.6 Å². The largest absolute Gasteiger partial charge is 0.486 e. The first kappa shape index (κ1) is 18.5. The van der Waals surface area contributed by atoms with Gasteiger partial charge in [0, 0.05) is 21.4 Å². The minimum absolute atomic E-state index is 0.212. The van der Waals surface area contributed by atoms with Gasteiger partial charge in [-0.25, -0.2) is 4.79 Å². The number of halogens is 1. The van der Waals surface area contributed by atoms with Gasteiger partial charge in [-0.15, -0.1) is 11.3 Å². The molecule has 0 saturated heterocycles. The van der Waals surface area contributed by atoms with E-state index in [0.29, 0.717) is 40.9 Å². The summed E-state index contributed by atoms with van der Waals surface area (Å²) >= 11 is 7.69. The Bertz CT molecular complexity index is 884. The van der Waals surface area contributed by atoms with E-state index in [9.17, 15) is 9.59 Å². The topological polar surface area (TPSA) is 61.8 Å². The van der Waals surface area contributed by atoms with Crippen LogP contribution in [0.5, 0.6) is 11.5 Å². The van der Waals surface area contributed by atoms with Crippen LogP contribution < -0.4 is 9.47 Å². The van der Waals surface area contributed by atoms with Gasteiger partial charge in [-0.3, -0.25) is 4.79 Å². The third-order valence-electron chi connectivity index (χ3n) is 3.72.